The van der Waals surface area contributed by atoms with Gasteiger partial charge in [0, 0.05) is 24.5 Å². The molecule has 0 spiro atoms. The van der Waals surface area contributed by atoms with E-state index in [0.29, 0.717) is 12.3 Å². The summed E-state index contributed by atoms with van der Waals surface area (Å²) < 4.78 is 8.24. The minimum Gasteiger partial charge on any atom is -0.370 e. The second-order valence-corrected chi connectivity index (χ2v) is 7.83. The van der Waals surface area contributed by atoms with Crippen molar-refractivity contribution in [1.82, 2.24) is 19.7 Å². The molecule has 0 amide bonds. The van der Waals surface area contributed by atoms with E-state index in [0.717, 1.165) is 53.4 Å². The van der Waals surface area contributed by atoms with E-state index < -0.39 is 0 Å². The van der Waals surface area contributed by atoms with E-state index >= 15 is 0 Å². The summed E-state index contributed by atoms with van der Waals surface area (Å²) in [6.07, 6.45) is 5.00. The Morgan fingerprint density at radius 2 is 1.90 bits per heavy atom. The lowest BCUT2D eigenvalue weighted by atomic mass is 10.0. The molecule has 6 heteroatoms. The molecule has 154 valence electrons. The largest absolute Gasteiger partial charge is 0.370 e. The minimum atomic E-state index is 0.204. The highest BCUT2D eigenvalue weighted by Gasteiger charge is 2.20. The molecule has 1 fully saturated rings. The zero-order valence-corrected chi connectivity index (χ0v) is 17.4. The van der Waals surface area contributed by atoms with Gasteiger partial charge in [-0.15, -0.1) is 0 Å². The molecule has 1 aliphatic rings. The summed E-state index contributed by atoms with van der Waals surface area (Å²) in [5.41, 5.74) is 7.31. The number of fused-ring (bicyclic) bond motifs is 1. The van der Waals surface area contributed by atoms with Crippen molar-refractivity contribution in [3.8, 4) is 22.5 Å². The maximum atomic E-state index is 7.25. The average Bonchev–Trinajstić information content (AvgIpc) is 3.50. The maximum absolute atomic E-state index is 7.25. The molecule has 1 aliphatic heterocycles. The summed E-state index contributed by atoms with van der Waals surface area (Å²) in [6, 6.07) is 16.0. The molecule has 31 heavy (non-hydrogen) atoms. The van der Waals surface area contributed by atoms with E-state index in [1.54, 1.807) is 6.20 Å². The lowest BCUT2D eigenvalue weighted by molar-refractivity contribution is 0.0527. The highest BCUT2D eigenvalue weighted by Crippen LogP contribution is 2.33. The number of ether oxygens (including phenoxy) is 1. The monoisotopic (exact) mass is 409 g/mol. The van der Waals surface area contributed by atoms with Crippen molar-refractivity contribution in [2.24, 2.45) is 0 Å². The Bertz CT molecular complexity index is 1250. The number of aryl methyl sites for hydroxylation is 1. The molecule has 0 radical (unpaired) electrons. The van der Waals surface area contributed by atoms with Gasteiger partial charge in [0.2, 0.25) is 0 Å². The molecule has 5 rings (SSSR count). The standard InChI is InChI=1S/C25H23N5O/c1-17-3-5-19(6-4-17)24-23(18-7-9-20(26-2)10-8-18)29-22(25-28-13-14-30(24)25)16-31-21-11-12-27-15-21/h3-10,13-14,21,27H,11-12,15-16H2,1H3/t21-/m1/s1. The number of nitrogens with zero attached hydrogens (tertiary/aromatic N) is 4. The third-order valence-electron chi connectivity index (χ3n) is 5.68. The van der Waals surface area contributed by atoms with Crippen LogP contribution in [-0.4, -0.2) is 33.6 Å². The number of nitrogens with one attached hydrogen (secondary N) is 1. The number of imidazole rings is 1. The molecule has 0 unspecified atom stereocenters. The Morgan fingerprint density at radius 3 is 2.61 bits per heavy atom. The zero-order chi connectivity index (χ0) is 21.2. The van der Waals surface area contributed by atoms with Gasteiger partial charge in [0.15, 0.2) is 11.3 Å². The number of aromatic nitrogens is 3. The van der Waals surface area contributed by atoms with Gasteiger partial charge >= 0.3 is 0 Å². The molecule has 1 atom stereocenters. The van der Waals surface area contributed by atoms with Crippen molar-refractivity contribution in [1.29, 1.82) is 0 Å². The molecular formula is C25H23N5O. The topological polar surface area (TPSA) is 55.8 Å². The molecule has 0 aliphatic carbocycles. The Morgan fingerprint density at radius 1 is 1.13 bits per heavy atom. The van der Waals surface area contributed by atoms with Crippen LogP contribution in [0.5, 0.6) is 0 Å². The van der Waals surface area contributed by atoms with Crippen LogP contribution in [0.2, 0.25) is 0 Å². The molecule has 2 aromatic carbocycles. The van der Waals surface area contributed by atoms with Crippen LogP contribution in [0, 0.1) is 13.5 Å². The first-order chi connectivity index (χ1) is 15.2. The first-order valence-corrected chi connectivity index (χ1v) is 10.5. The molecule has 0 saturated carbocycles. The van der Waals surface area contributed by atoms with E-state index in [4.69, 9.17) is 16.3 Å². The first kappa shape index (κ1) is 19.4. The average molecular weight is 409 g/mol. The fraction of sp³-hybridized carbons (Fsp3) is 0.240. The van der Waals surface area contributed by atoms with Crippen molar-refractivity contribution in [2.45, 2.75) is 26.1 Å². The number of rotatable bonds is 5. The first-order valence-electron chi connectivity index (χ1n) is 10.5. The van der Waals surface area contributed by atoms with E-state index in [1.807, 2.05) is 30.5 Å². The van der Waals surface area contributed by atoms with Gasteiger partial charge in [-0.2, -0.15) is 0 Å². The van der Waals surface area contributed by atoms with Crippen LogP contribution in [-0.2, 0) is 11.3 Å². The molecular weight excluding hydrogens is 386 g/mol. The summed E-state index contributed by atoms with van der Waals surface area (Å²) >= 11 is 0. The summed E-state index contributed by atoms with van der Waals surface area (Å²) in [4.78, 5) is 13.2. The van der Waals surface area contributed by atoms with Crippen LogP contribution >= 0.6 is 0 Å². The van der Waals surface area contributed by atoms with Crippen molar-refractivity contribution < 1.29 is 4.74 Å². The van der Waals surface area contributed by atoms with Crippen molar-refractivity contribution in [3.05, 3.63) is 83.6 Å². The summed E-state index contributed by atoms with van der Waals surface area (Å²) in [5, 5.41) is 3.33. The third kappa shape index (κ3) is 3.81. The molecule has 2 aromatic heterocycles. The van der Waals surface area contributed by atoms with Crippen LogP contribution in [0.15, 0.2) is 60.9 Å². The van der Waals surface area contributed by atoms with Gasteiger partial charge in [-0.1, -0.05) is 54.1 Å². The maximum Gasteiger partial charge on any atom is 0.187 e. The van der Waals surface area contributed by atoms with Gasteiger partial charge in [0.25, 0.3) is 0 Å². The highest BCUT2D eigenvalue weighted by atomic mass is 16.5. The van der Waals surface area contributed by atoms with Gasteiger partial charge in [-0.05, 0) is 25.5 Å². The quantitative estimate of drug-likeness (QED) is 0.481. The lowest BCUT2D eigenvalue weighted by Crippen LogP contribution is -2.17. The van der Waals surface area contributed by atoms with E-state index in [1.165, 1.54) is 5.56 Å². The van der Waals surface area contributed by atoms with Crippen molar-refractivity contribution in [3.63, 3.8) is 0 Å². The van der Waals surface area contributed by atoms with Crippen molar-refractivity contribution >= 4 is 11.3 Å². The molecule has 3 heterocycles. The van der Waals surface area contributed by atoms with E-state index in [9.17, 15) is 0 Å². The SMILES string of the molecule is [C-]#[N+]c1ccc(-c2nc(CO[C@@H]3CCNC3)c3nccn3c2-c2ccc(C)cc2)cc1. The van der Waals surface area contributed by atoms with Gasteiger partial charge in [-0.3, -0.25) is 4.40 Å². The van der Waals surface area contributed by atoms with Crippen LogP contribution in [0.4, 0.5) is 5.69 Å². The number of benzene rings is 2. The zero-order valence-electron chi connectivity index (χ0n) is 17.4. The summed E-state index contributed by atoms with van der Waals surface area (Å²) in [6.45, 7) is 11.6. The molecule has 4 aromatic rings. The third-order valence-corrected chi connectivity index (χ3v) is 5.68. The summed E-state index contributed by atoms with van der Waals surface area (Å²) in [5.74, 6) is 0. The predicted octanol–water partition coefficient (Wildman–Crippen LogP) is 4.80. The van der Waals surface area contributed by atoms with Gasteiger partial charge < -0.3 is 10.1 Å². The Balaban J connectivity index is 1.67. The molecule has 6 nitrogen and oxygen atoms in total. The second-order valence-electron chi connectivity index (χ2n) is 7.83. The Labute approximate surface area is 181 Å². The van der Waals surface area contributed by atoms with Gasteiger partial charge in [0.1, 0.15) is 5.69 Å². The normalized spacial score (nSPS) is 15.9. The van der Waals surface area contributed by atoms with E-state index in [-0.39, 0.29) is 6.10 Å². The smallest absolute Gasteiger partial charge is 0.187 e. The van der Waals surface area contributed by atoms with Crippen LogP contribution in [0.3, 0.4) is 0 Å². The fourth-order valence-electron chi connectivity index (χ4n) is 4.00. The van der Waals surface area contributed by atoms with Crippen LogP contribution < -0.4 is 5.32 Å². The van der Waals surface area contributed by atoms with Crippen LogP contribution in [0.25, 0.3) is 33.0 Å². The van der Waals surface area contributed by atoms with Gasteiger partial charge in [-0.25, -0.2) is 14.8 Å². The fourth-order valence-corrected chi connectivity index (χ4v) is 4.00. The molecule has 0 bridgehead atoms. The van der Waals surface area contributed by atoms with E-state index in [2.05, 4.69) is 50.7 Å². The Kier molecular flexibility index (Phi) is 5.21. The number of hydrogen-bond acceptors (Lipinski definition) is 4. The minimum absolute atomic E-state index is 0.204. The predicted molar refractivity (Wildman–Crippen MR) is 121 cm³/mol. The molecule has 1 saturated heterocycles. The second kappa shape index (κ2) is 8.31. The Hall–Kier alpha value is -3.53. The summed E-state index contributed by atoms with van der Waals surface area (Å²) in [7, 11) is 0. The van der Waals surface area contributed by atoms with Crippen LogP contribution in [0.1, 0.15) is 17.7 Å². The van der Waals surface area contributed by atoms with Gasteiger partial charge in [0.05, 0.1) is 30.7 Å². The van der Waals surface area contributed by atoms with Crippen molar-refractivity contribution in [2.75, 3.05) is 13.1 Å². The highest BCUT2D eigenvalue weighted by molar-refractivity contribution is 5.81. The lowest BCUT2D eigenvalue weighted by Gasteiger charge is -2.17. The molecule has 1 N–H and O–H groups in total. The number of hydrogen-bond donors (Lipinski definition) is 1.